The van der Waals surface area contributed by atoms with Gasteiger partial charge in [0.05, 0.1) is 12.6 Å². The summed E-state index contributed by atoms with van der Waals surface area (Å²) < 4.78 is 12.4. The molecule has 14 heavy (non-hydrogen) atoms. The van der Waals surface area contributed by atoms with E-state index in [1.807, 2.05) is 4.90 Å². The van der Waals surface area contributed by atoms with E-state index in [0.717, 1.165) is 32.5 Å². The molecule has 2 atom stereocenters. The molecule has 2 aliphatic heterocycles. The molecular formula is C10H17FN2O. The van der Waals surface area contributed by atoms with E-state index in [4.69, 9.17) is 0 Å². The Balaban J connectivity index is 1.86. The van der Waals surface area contributed by atoms with Crippen LogP contribution >= 0.6 is 0 Å². The summed E-state index contributed by atoms with van der Waals surface area (Å²) in [6.07, 6.45) is 1.78. The van der Waals surface area contributed by atoms with Crippen LogP contribution in [0.15, 0.2) is 0 Å². The van der Waals surface area contributed by atoms with Crippen LogP contribution in [0.4, 0.5) is 4.39 Å². The highest BCUT2D eigenvalue weighted by Crippen LogP contribution is 2.20. The Hall–Kier alpha value is -0.640. The van der Waals surface area contributed by atoms with Gasteiger partial charge in [0.1, 0.15) is 0 Å². The van der Waals surface area contributed by atoms with Crippen LogP contribution in [-0.2, 0) is 4.79 Å². The van der Waals surface area contributed by atoms with Crippen LogP contribution in [0.1, 0.15) is 12.8 Å². The molecule has 0 radical (unpaired) electrons. The van der Waals surface area contributed by atoms with Crippen molar-refractivity contribution in [2.75, 3.05) is 32.9 Å². The topological polar surface area (TPSA) is 32.3 Å². The van der Waals surface area contributed by atoms with Gasteiger partial charge in [-0.3, -0.25) is 9.18 Å². The first kappa shape index (κ1) is 9.90. The third-order valence-electron chi connectivity index (χ3n) is 3.23. The zero-order valence-corrected chi connectivity index (χ0v) is 8.34. The lowest BCUT2D eigenvalue weighted by Crippen LogP contribution is -2.35. The van der Waals surface area contributed by atoms with E-state index in [2.05, 4.69) is 5.32 Å². The predicted octanol–water partition coefficient (Wildman–Crippen LogP) is 0.414. The Morgan fingerprint density at radius 3 is 2.93 bits per heavy atom. The first-order valence-corrected chi connectivity index (χ1v) is 5.36. The molecule has 4 heteroatoms. The average molecular weight is 200 g/mol. The van der Waals surface area contributed by atoms with Crippen molar-refractivity contribution in [1.29, 1.82) is 0 Å². The third-order valence-corrected chi connectivity index (χ3v) is 3.23. The maximum Gasteiger partial charge on any atom is 0.227 e. The molecule has 2 saturated heterocycles. The Morgan fingerprint density at radius 2 is 2.36 bits per heavy atom. The van der Waals surface area contributed by atoms with Crippen LogP contribution in [0.3, 0.4) is 0 Å². The molecule has 0 aromatic rings. The first-order valence-electron chi connectivity index (χ1n) is 5.36. The standard InChI is InChI=1S/C10H17FN2O/c11-5-8-2-4-13(7-8)10(14)9-1-3-12-6-9/h8-9,12H,1-7H2/t8-,9+/m0/s1. The van der Waals surface area contributed by atoms with Crippen LogP contribution in [0.5, 0.6) is 0 Å². The second-order valence-corrected chi connectivity index (χ2v) is 4.28. The molecule has 2 aliphatic rings. The number of halogens is 1. The minimum absolute atomic E-state index is 0.0910. The van der Waals surface area contributed by atoms with E-state index in [9.17, 15) is 9.18 Å². The number of amides is 1. The van der Waals surface area contributed by atoms with Crippen molar-refractivity contribution < 1.29 is 9.18 Å². The van der Waals surface area contributed by atoms with E-state index in [1.165, 1.54) is 0 Å². The summed E-state index contributed by atoms with van der Waals surface area (Å²) in [5.41, 5.74) is 0. The zero-order valence-electron chi connectivity index (χ0n) is 8.34. The summed E-state index contributed by atoms with van der Waals surface area (Å²) in [6.45, 7) is 2.84. The van der Waals surface area contributed by atoms with Gasteiger partial charge in [-0.15, -0.1) is 0 Å². The molecule has 80 valence electrons. The number of alkyl halides is 1. The minimum atomic E-state index is -0.285. The van der Waals surface area contributed by atoms with Crippen LogP contribution in [0.25, 0.3) is 0 Å². The maximum atomic E-state index is 12.4. The van der Waals surface area contributed by atoms with Gasteiger partial charge in [0.2, 0.25) is 5.91 Å². The van der Waals surface area contributed by atoms with Crippen molar-refractivity contribution in [3.63, 3.8) is 0 Å². The van der Waals surface area contributed by atoms with Gasteiger partial charge in [-0.25, -0.2) is 0 Å². The molecule has 0 aromatic heterocycles. The van der Waals surface area contributed by atoms with Gasteiger partial charge in [0, 0.05) is 25.6 Å². The fourth-order valence-electron chi connectivity index (χ4n) is 2.28. The lowest BCUT2D eigenvalue weighted by Gasteiger charge is -2.19. The molecule has 0 aliphatic carbocycles. The summed E-state index contributed by atoms with van der Waals surface area (Å²) in [5, 5.41) is 3.18. The largest absolute Gasteiger partial charge is 0.342 e. The highest BCUT2D eigenvalue weighted by molar-refractivity contribution is 5.79. The van der Waals surface area contributed by atoms with E-state index in [1.54, 1.807) is 0 Å². The molecule has 2 rings (SSSR count). The van der Waals surface area contributed by atoms with Gasteiger partial charge in [0.25, 0.3) is 0 Å². The predicted molar refractivity (Wildman–Crippen MR) is 51.6 cm³/mol. The second-order valence-electron chi connectivity index (χ2n) is 4.28. The van der Waals surface area contributed by atoms with Gasteiger partial charge in [-0.1, -0.05) is 0 Å². The van der Waals surface area contributed by atoms with E-state index < -0.39 is 0 Å². The van der Waals surface area contributed by atoms with Crippen molar-refractivity contribution in [3.05, 3.63) is 0 Å². The van der Waals surface area contributed by atoms with Crippen LogP contribution in [0.2, 0.25) is 0 Å². The van der Waals surface area contributed by atoms with Crippen LogP contribution in [0, 0.1) is 11.8 Å². The first-order chi connectivity index (χ1) is 6.81. The number of hydrogen-bond donors (Lipinski definition) is 1. The maximum absolute atomic E-state index is 12.4. The normalized spacial score (nSPS) is 32.5. The minimum Gasteiger partial charge on any atom is -0.342 e. The van der Waals surface area contributed by atoms with E-state index >= 15 is 0 Å². The number of hydrogen-bond acceptors (Lipinski definition) is 2. The van der Waals surface area contributed by atoms with Crippen molar-refractivity contribution in [3.8, 4) is 0 Å². The summed E-state index contributed by atoms with van der Waals surface area (Å²) >= 11 is 0. The molecule has 1 amide bonds. The van der Waals surface area contributed by atoms with Gasteiger partial charge >= 0.3 is 0 Å². The monoisotopic (exact) mass is 200 g/mol. The van der Waals surface area contributed by atoms with E-state index in [-0.39, 0.29) is 24.4 Å². The number of carbonyl (C=O) groups excluding carboxylic acids is 1. The van der Waals surface area contributed by atoms with Gasteiger partial charge in [-0.05, 0) is 19.4 Å². The molecule has 0 saturated carbocycles. The molecule has 0 unspecified atom stereocenters. The van der Waals surface area contributed by atoms with Crippen molar-refractivity contribution in [2.45, 2.75) is 12.8 Å². The number of nitrogens with one attached hydrogen (secondary N) is 1. The van der Waals surface area contributed by atoms with Crippen LogP contribution < -0.4 is 5.32 Å². The average Bonchev–Trinajstić information content (AvgIpc) is 2.88. The number of nitrogens with zero attached hydrogens (tertiary/aromatic N) is 1. The third kappa shape index (κ3) is 1.90. The van der Waals surface area contributed by atoms with Crippen molar-refractivity contribution in [1.82, 2.24) is 10.2 Å². The van der Waals surface area contributed by atoms with Gasteiger partial charge < -0.3 is 10.2 Å². The summed E-state index contributed by atoms with van der Waals surface area (Å²) in [4.78, 5) is 13.7. The highest BCUT2D eigenvalue weighted by Gasteiger charge is 2.31. The Kier molecular flexibility index (Phi) is 3.01. The number of rotatable bonds is 2. The molecular weight excluding hydrogens is 183 g/mol. The van der Waals surface area contributed by atoms with Crippen LogP contribution in [-0.4, -0.2) is 43.7 Å². The quantitative estimate of drug-likeness (QED) is 0.700. The van der Waals surface area contributed by atoms with Gasteiger partial charge in [0.15, 0.2) is 0 Å². The Morgan fingerprint density at radius 1 is 1.50 bits per heavy atom. The molecule has 2 heterocycles. The molecule has 1 N–H and O–H groups in total. The second kappa shape index (κ2) is 4.26. The fraction of sp³-hybridized carbons (Fsp3) is 0.900. The summed E-state index contributed by atoms with van der Waals surface area (Å²) in [5.74, 6) is 0.465. The fourth-order valence-corrected chi connectivity index (χ4v) is 2.28. The molecule has 2 fully saturated rings. The zero-order chi connectivity index (χ0) is 9.97. The number of likely N-dealkylation sites (tertiary alicyclic amines) is 1. The lowest BCUT2D eigenvalue weighted by molar-refractivity contribution is -0.133. The highest BCUT2D eigenvalue weighted by atomic mass is 19.1. The summed E-state index contributed by atoms with van der Waals surface area (Å²) in [6, 6.07) is 0. The Labute approximate surface area is 83.6 Å². The smallest absolute Gasteiger partial charge is 0.227 e. The molecule has 0 spiro atoms. The molecule has 3 nitrogen and oxygen atoms in total. The Bertz CT molecular complexity index is 216. The van der Waals surface area contributed by atoms with Crippen molar-refractivity contribution >= 4 is 5.91 Å². The lowest BCUT2D eigenvalue weighted by atomic mass is 10.1. The van der Waals surface area contributed by atoms with E-state index in [0.29, 0.717) is 6.54 Å². The SMILES string of the molecule is O=C([C@@H]1CCNC1)N1CC[C@@H](CF)C1. The summed E-state index contributed by atoms with van der Waals surface area (Å²) in [7, 11) is 0. The van der Waals surface area contributed by atoms with Gasteiger partial charge in [-0.2, -0.15) is 0 Å². The van der Waals surface area contributed by atoms with Crippen molar-refractivity contribution in [2.24, 2.45) is 11.8 Å². The molecule has 0 aromatic carbocycles. The molecule has 0 bridgehead atoms. The number of carbonyl (C=O) groups is 1.